The van der Waals surface area contributed by atoms with E-state index in [1.807, 2.05) is 24.3 Å². The van der Waals surface area contributed by atoms with Crippen molar-refractivity contribution in [3.8, 4) is 0 Å². The van der Waals surface area contributed by atoms with Crippen molar-refractivity contribution >= 4 is 17.6 Å². The lowest BCUT2D eigenvalue weighted by Crippen LogP contribution is -2.59. The minimum atomic E-state index is -0.688. The van der Waals surface area contributed by atoms with Crippen molar-refractivity contribution in [3.63, 3.8) is 0 Å². The van der Waals surface area contributed by atoms with Crippen LogP contribution >= 0.6 is 11.6 Å². The van der Waals surface area contributed by atoms with Crippen molar-refractivity contribution in [1.29, 1.82) is 0 Å². The summed E-state index contributed by atoms with van der Waals surface area (Å²) in [6.45, 7) is 0. The van der Waals surface area contributed by atoms with E-state index >= 15 is 0 Å². The van der Waals surface area contributed by atoms with Crippen LogP contribution in [0.5, 0.6) is 0 Å². The number of halogens is 1. The summed E-state index contributed by atoms with van der Waals surface area (Å²) < 4.78 is 0. The zero-order valence-corrected chi connectivity index (χ0v) is 13.9. The molecular weight excluding hydrogens is 312 g/mol. The summed E-state index contributed by atoms with van der Waals surface area (Å²) in [6.07, 6.45) is 4.90. The highest BCUT2D eigenvalue weighted by molar-refractivity contribution is 6.30. The van der Waals surface area contributed by atoms with E-state index in [1.54, 1.807) is 0 Å². The van der Waals surface area contributed by atoms with Crippen LogP contribution in [0.15, 0.2) is 24.3 Å². The summed E-state index contributed by atoms with van der Waals surface area (Å²) in [5.41, 5.74) is 1.04. The van der Waals surface area contributed by atoms with E-state index in [-0.39, 0.29) is 17.9 Å². The zero-order valence-electron chi connectivity index (χ0n) is 13.1. The number of aliphatic hydroxyl groups excluding tert-OH is 1. The minimum absolute atomic E-state index is 0.146. The van der Waals surface area contributed by atoms with Gasteiger partial charge in [-0.15, -0.1) is 0 Å². The molecule has 23 heavy (non-hydrogen) atoms. The maximum atomic E-state index is 11.6. The van der Waals surface area contributed by atoms with Crippen LogP contribution in [0.2, 0.25) is 5.02 Å². The lowest BCUT2D eigenvalue weighted by atomic mass is 9.42. The summed E-state index contributed by atoms with van der Waals surface area (Å²) in [6, 6.07) is 7.86. The predicted molar refractivity (Wildman–Crippen MR) is 88.3 cm³/mol. The summed E-state index contributed by atoms with van der Waals surface area (Å²) in [5, 5.41) is 20.7. The second-order valence-corrected chi connectivity index (χ2v) is 8.39. The number of hydrogen-bond donors (Lipinski definition) is 2. The van der Waals surface area contributed by atoms with Gasteiger partial charge in [0.25, 0.3) is 0 Å². The van der Waals surface area contributed by atoms with E-state index in [9.17, 15) is 15.0 Å². The topological polar surface area (TPSA) is 57.5 Å². The molecule has 1 aromatic rings. The highest BCUT2D eigenvalue weighted by atomic mass is 35.5. The van der Waals surface area contributed by atoms with Crippen molar-refractivity contribution in [2.24, 2.45) is 29.1 Å². The molecule has 0 heterocycles. The van der Waals surface area contributed by atoms with Gasteiger partial charge in [0.1, 0.15) is 0 Å². The number of aliphatic hydroxyl groups is 1. The molecule has 0 aliphatic heterocycles. The number of hydrogen-bond acceptors (Lipinski definition) is 2. The number of carbonyl (C=O) groups is 1. The van der Waals surface area contributed by atoms with Crippen molar-refractivity contribution in [2.45, 2.75) is 44.6 Å². The summed E-state index contributed by atoms with van der Waals surface area (Å²) in [5.74, 6) is 0.960. The first-order valence-electron chi connectivity index (χ1n) is 8.62. The molecule has 4 fully saturated rings. The van der Waals surface area contributed by atoms with E-state index < -0.39 is 5.97 Å². The van der Waals surface area contributed by atoms with Gasteiger partial charge < -0.3 is 10.2 Å². The molecule has 0 aromatic heterocycles. The minimum Gasteiger partial charge on any atom is -0.481 e. The average molecular weight is 335 g/mol. The number of benzene rings is 1. The molecule has 124 valence electrons. The Hall–Kier alpha value is -1.06. The fourth-order valence-electron chi connectivity index (χ4n) is 5.97. The molecule has 1 aromatic carbocycles. The van der Waals surface area contributed by atoms with Gasteiger partial charge in [-0.25, -0.2) is 0 Å². The maximum absolute atomic E-state index is 11.6. The first-order chi connectivity index (χ1) is 11.0. The molecule has 0 unspecified atom stereocenters. The van der Waals surface area contributed by atoms with Gasteiger partial charge in [0.05, 0.1) is 12.5 Å². The molecule has 0 saturated heterocycles. The van der Waals surface area contributed by atoms with E-state index in [2.05, 4.69) is 0 Å². The lowest BCUT2D eigenvalue weighted by molar-refractivity contribution is -0.178. The van der Waals surface area contributed by atoms with Gasteiger partial charge in [0.15, 0.2) is 0 Å². The van der Waals surface area contributed by atoms with E-state index in [4.69, 9.17) is 11.6 Å². The van der Waals surface area contributed by atoms with Crippen LogP contribution in [0.25, 0.3) is 0 Å². The third-order valence-electron chi connectivity index (χ3n) is 6.87. The molecule has 0 amide bonds. The van der Waals surface area contributed by atoms with Crippen LogP contribution in [-0.4, -0.2) is 22.3 Å². The largest absolute Gasteiger partial charge is 0.481 e. The maximum Gasteiger partial charge on any atom is 0.303 e. The molecule has 4 bridgehead atoms. The number of carboxylic acids is 1. The molecular formula is C19H23ClO3. The number of carboxylic acid groups (broad SMARTS) is 1. The molecule has 0 spiro atoms. The van der Waals surface area contributed by atoms with Crippen molar-refractivity contribution < 1.29 is 15.0 Å². The van der Waals surface area contributed by atoms with Crippen LogP contribution in [0.3, 0.4) is 0 Å². The fraction of sp³-hybridized carbons (Fsp3) is 0.632. The van der Waals surface area contributed by atoms with Crippen molar-refractivity contribution in [2.75, 3.05) is 0 Å². The van der Waals surface area contributed by atoms with Crippen LogP contribution in [0.4, 0.5) is 0 Å². The third kappa shape index (κ3) is 2.49. The Morgan fingerprint density at radius 1 is 1.09 bits per heavy atom. The number of rotatable bonds is 4. The number of aliphatic carboxylic acids is 1. The Morgan fingerprint density at radius 2 is 1.61 bits per heavy atom. The molecule has 4 heteroatoms. The third-order valence-corrected chi connectivity index (χ3v) is 7.12. The summed E-state index contributed by atoms with van der Waals surface area (Å²) in [4.78, 5) is 11.6. The smallest absolute Gasteiger partial charge is 0.303 e. The predicted octanol–water partition coefficient (Wildman–Crippen LogP) is 3.77. The molecule has 4 aliphatic carbocycles. The van der Waals surface area contributed by atoms with Crippen molar-refractivity contribution in [1.82, 2.24) is 0 Å². The van der Waals surface area contributed by atoms with Gasteiger partial charge >= 0.3 is 5.97 Å². The molecule has 2 N–H and O–H groups in total. The Balaban J connectivity index is 1.67. The van der Waals surface area contributed by atoms with Gasteiger partial charge in [0.2, 0.25) is 0 Å². The Bertz CT molecular complexity index is 580. The molecule has 0 atom stereocenters. The van der Waals surface area contributed by atoms with Crippen LogP contribution in [0.1, 0.15) is 37.7 Å². The summed E-state index contributed by atoms with van der Waals surface area (Å²) >= 11 is 5.99. The second-order valence-electron chi connectivity index (χ2n) is 7.95. The second kappa shape index (κ2) is 5.49. The normalized spacial score (nSPS) is 41.2. The van der Waals surface area contributed by atoms with Gasteiger partial charge in [-0.1, -0.05) is 23.7 Å². The van der Waals surface area contributed by atoms with Crippen LogP contribution in [-0.2, 0) is 11.2 Å². The first kappa shape index (κ1) is 15.5. The first-order valence-corrected chi connectivity index (χ1v) is 9.00. The standard InChI is InChI=1S/C19H23ClO3/c20-16-3-1-11(2-4-16)9-19(10-17(21)22)14-5-12-6-15(19)8-13(7-14)18(12)23/h1-4,12-15,18,23H,5-10H2,(H,21,22). The lowest BCUT2D eigenvalue weighted by Gasteiger charge is -2.62. The Morgan fingerprint density at radius 3 is 2.09 bits per heavy atom. The van der Waals surface area contributed by atoms with E-state index in [1.165, 1.54) is 5.56 Å². The van der Waals surface area contributed by atoms with Crippen LogP contribution < -0.4 is 0 Å². The summed E-state index contributed by atoms with van der Waals surface area (Å²) in [7, 11) is 0. The quantitative estimate of drug-likeness (QED) is 0.881. The Kier molecular flexibility index (Phi) is 3.69. The highest BCUT2D eigenvalue weighted by Gasteiger charge is 2.60. The van der Waals surface area contributed by atoms with E-state index in [0.29, 0.717) is 28.7 Å². The van der Waals surface area contributed by atoms with Crippen molar-refractivity contribution in [3.05, 3.63) is 34.9 Å². The average Bonchev–Trinajstić information content (AvgIpc) is 2.47. The molecule has 3 nitrogen and oxygen atoms in total. The molecule has 5 rings (SSSR count). The zero-order chi connectivity index (χ0) is 16.2. The van der Waals surface area contributed by atoms with E-state index in [0.717, 1.165) is 32.1 Å². The molecule has 4 aliphatic rings. The SMILES string of the molecule is O=C(O)CC1(Cc2ccc(Cl)cc2)C2CC3CC1CC(C2)C3O. The monoisotopic (exact) mass is 334 g/mol. The van der Waals surface area contributed by atoms with Gasteiger partial charge in [-0.2, -0.15) is 0 Å². The van der Waals surface area contributed by atoms with Crippen LogP contribution in [0, 0.1) is 29.1 Å². The Labute approximate surface area is 141 Å². The van der Waals surface area contributed by atoms with Gasteiger partial charge in [-0.3, -0.25) is 4.79 Å². The molecule has 0 radical (unpaired) electrons. The molecule has 4 saturated carbocycles. The van der Waals surface area contributed by atoms with Gasteiger partial charge in [0, 0.05) is 5.02 Å². The fourth-order valence-corrected chi connectivity index (χ4v) is 6.09. The van der Waals surface area contributed by atoms with Gasteiger partial charge in [-0.05, 0) is 78.9 Å². The highest BCUT2D eigenvalue weighted by Crippen LogP contribution is 2.64.